The van der Waals surface area contributed by atoms with Gasteiger partial charge in [-0.25, -0.2) is 13.1 Å². The molecule has 7 nitrogen and oxygen atoms in total. The van der Waals surface area contributed by atoms with Gasteiger partial charge >= 0.3 is 0 Å². The number of hydrogen-bond acceptors (Lipinski definition) is 4. The Morgan fingerprint density at radius 1 is 1.23 bits per heavy atom. The van der Waals surface area contributed by atoms with E-state index in [-0.39, 0.29) is 0 Å². The average Bonchev–Trinajstić information content (AvgIpc) is 2.46. The van der Waals surface area contributed by atoms with E-state index in [0.717, 1.165) is 25.8 Å². The molecule has 0 aromatic carbocycles. The third-order valence-corrected chi connectivity index (χ3v) is 4.59. The van der Waals surface area contributed by atoms with Crippen molar-refractivity contribution in [1.82, 2.24) is 20.3 Å². The summed E-state index contributed by atoms with van der Waals surface area (Å²) in [6.07, 6.45) is 6.21. The predicted octanol–water partition coefficient (Wildman–Crippen LogP) is -0.0349. The summed E-state index contributed by atoms with van der Waals surface area (Å²) in [5, 5.41) is 6.34. The fraction of sp³-hybridized carbons (Fsp3) is 0.929. The number of hydrogen-bond donors (Lipinski definition) is 3. The van der Waals surface area contributed by atoms with Crippen molar-refractivity contribution in [2.24, 2.45) is 4.99 Å². The lowest BCUT2D eigenvalue weighted by Crippen LogP contribution is -2.43. The molecule has 0 saturated carbocycles. The summed E-state index contributed by atoms with van der Waals surface area (Å²) >= 11 is 0. The standard InChI is InChI=1S/C14H31N5O2S/c1-13-7-4-5-11-19(13)12-6-8-16-14(15-2)17-9-10-18-22(3,20)21/h13,18H,4-12H2,1-3H3,(H2,15,16,17). The van der Waals surface area contributed by atoms with Crippen LogP contribution in [0.25, 0.3) is 0 Å². The molecule has 0 aromatic heterocycles. The van der Waals surface area contributed by atoms with Gasteiger partial charge in [-0.2, -0.15) is 0 Å². The van der Waals surface area contributed by atoms with Gasteiger partial charge in [0.15, 0.2) is 5.96 Å². The van der Waals surface area contributed by atoms with Gasteiger partial charge in [0, 0.05) is 39.3 Å². The molecule has 1 atom stereocenters. The van der Waals surface area contributed by atoms with Crippen LogP contribution in [0.5, 0.6) is 0 Å². The molecule has 0 aliphatic carbocycles. The highest BCUT2D eigenvalue weighted by Gasteiger charge is 2.16. The summed E-state index contributed by atoms with van der Waals surface area (Å²) < 4.78 is 24.3. The van der Waals surface area contributed by atoms with Gasteiger partial charge in [-0.1, -0.05) is 6.42 Å². The highest BCUT2D eigenvalue weighted by atomic mass is 32.2. The molecular formula is C14H31N5O2S. The highest BCUT2D eigenvalue weighted by Crippen LogP contribution is 2.15. The molecule has 1 rings (SSSR count). The SMILES string of the molecule is CN=C(NCCCN1CCCCC1C)NCCNS(C)(=O)=O. The third-order valence-electron chi connectivity index (χ3n) is 3.86. The van der Waals surface area contributed by atoms with Crippen molar-refractivity contribution in [3.63, 3.8) is 0 Å². The Morgan fingerprint density at radius 3 is 2.59 bits per heavy atom. The number of aliphatic imine (C=N–C) groups is 1. The van der Waals surface area contributed by atoms with Crippen LogP contribution >= 0.6 is 0 Å². The van der Waals surface area contributed by atoms with Crippen LogP contribution < -0.4 is 15.4 Å². The number of guanidine groups is 1. The number of likely N-dealkylation sites (tertiary alicyclic amines) is 1. The first kappa shape index (κ1) is 19.2. The van der Waals surface area contributed by atoms with Crippen molar-refractivity contribution >= 4 is 16.0 Å². The van der Waals surface area contributed by atoms with E-state index in [1.54, 1.807) is 7.05 Å². The first-order chi connectivity index (χ1) is 10.4. The molecule has 0 aromatic rings. The summed E-state index contributed by atoms with van der Waals surface area (Å²) in [5.74, 6) is 0.710. The number of piperidine rings is 1. The van der Waals surface area contributed by atoms with Crippen LogP contribution in [0, 0.1) is 0 Å². The van der Waals surface area contributed by atoms with Crippen LogP contribution in [0.15, 0.2) is 4.99 Å². The molecule has 0 spiro atoms. The molecule has 0 bridgehead atoms. The second-order valence-corrected chi connectivity index (χ2v) is 7.66. The zero-order valence-corrected chi connectivity index (χ0v) is 14.9. The van der Waals surface area contributed by atoms with E-state index < -0.39 is 10.0 Å². The lowest BCUT2D eigenvalue weighted by Gasteiger charge is -2.33. The Morgan fingerprint density at radius 2 is 1.95 bits per heavy atom. The van der Waals surface area contributed by atoms with Crippen LogP contribution in [0.3, 0.4) is 0 Å². The maximum absolute atomic E-state index is 10.9. The predicted molar refractivity (Wildman–Crippen MR) is 91.7 cm³/mol. The molecule has 1 heterocycles. The quantitative estimate of drug-likeness (QED) is 0.330. The van der Waals surface area contributed by atoms with Gasteiger partial charge in [0.25, 0.3) is 0 Å². The molecular weight excluding hydrogens is 302 g/mol. The van der Waals surface area contributed by atoms with Crippen molar-refractivity contribution < 1.29 is 8.42 Å². The molecule has 0 amide bonds. The molecule has 1 saturated heterocycles. The Labute approximate surface area is 135 Å². The van der Waals surface area contributed by atoms with Crippen molar-refractivity contribution in [2.45, 2.75) is 38.6 Å². The first-order valence-corrected chi connectivity index (χ1v) is 9.94. The van der Waals surface area contributed by atoms with E-state index in [9.17, 15) is 8.42 Å². The van der Waals surface area contributed by atoms with E-state index in [2.05, 4.69) is 32.2 Å². The summed E-state index contributed by atoms with van der Waals surface area (Å²) in [6.45, 7) is 6.36. The Kier molecular flexibility index (Phi) is 8.74. The Bertz CT molecular complexity index is 439. The van der Waals surface area contributed by atoms with E-state index in [4.69, 9.17) is 0 Å². The third kappa shape index (κ3) is 8.55. The number of nitrogens with zero attached hydrogens (tertiary/aromatic N) is 2. The number of nitrogens with one attached hydrogen (secondary N) is 3. The van der Waals surface area contributed by atoms with Gasteiger partial charge in [0.1, 0.15) is 0 Å². The van der Waals surface area contributed by atoms with Crippen molar-refractivity contribution in [3.8, 4) is 0 Å². The normalized spacial score (nSPS) is 20.9. The molecule has 1 aliphatic rings. The van der Waals surface area contributed by atoms with Gasteiger partial charge in [-0.05, 0) is 32.7 Å². The molecule has 22 heavy (non-hydrogen) atoms. The topological polar surface area (TPSA) is 85.8 Å². The molecule has 1 aliphatic heterocycles. The van der Waals surface area contributed by atoms with Crippen LogP contribution in [-0.4, -0.2) is 71.3 Å². The van der Waals surface area contributed by atoms with Crippen molar-refractivity contribution in [3.05, 3.63) is 0 Å². The average molecular weight is 334 g/mol. The van der Waals surface area contributed by atoms with Crippen molar-refractivity contribution in [2.75, 3.05) is 46.0 Å². The minimum Gasteiger partial charge on any atom is -0.356 e. The second kappa shape index (κ2) is 10.0. The van der Waals surface area contributed by atoms with Gasteiger partial charge in [-0.3, -0.25) is 4.99 Å². The van der Waals surface area contributed by atoms with E-state index in [1.165, 1.54) is 25.8 Å². The lowest BCUT2D eigenvalue weighted by atomic mass is 10.0. The van der Waals surface area contributed by atoms with Crippen LogP contribution in [0.2, 0.25) is 0 Å². The molecule has 1 unspecified atom stereocenters. The van der Waals surface area contributed by atoms with Gasteiger partial charge < -0.3 is 15.5 Å². The molecule has 1 fully saturated rings. The zero-order valence-electron chi connectivity index (χ0n) is 14.1. The van der Waals surface area contributed by atoms with Crippen LogP contribution in [0.4, 0.5) is 0 Å². The first-order valence-electron chi connectivity index (χ1n) is 8.05. The molecule has 130 valence electrons. The Hall–Kier alpha value is -0.860. The minimum absolute atomic E-state index is 0.352. The maximum atomic E-state index is 10.9. The minimum atomic E-state index is -3.12. The molecule has 8 heteroatoms. The van der Waals surface area contributed by atoms with E-state index in [0.29, 0.717) is 25.1 Å². The van der Waals surface area contributed by atoms with Crippen LogP contribution in [0.1, 0.15) is 32.6 Å². The van der Waals surface area contributed by atoms with Gasteiger partial charge in [-0.15, -0.1) is 0 Å². The van der Waals surface area contributed by atoms with Crippen molar-refractivity contribution in [1.29, 1.82) is 0 Å². The molecule has 3 N–H and O–H groups in total. The monoisotopic (exact) mass is 333 g/mol. The van der Waals surface area contributed by atoms with E-state index >= 15 is 0 Å². The lowest BCUT2D eigenvalue weighted by molar-refractivity contribution is 0.159. The Balaban J connectivity index is 2.11. The number of rotatable bonds is 8. The van der Waals surface area contributed by atoms with Crippen LogP contribution in [-0.2, 0) is 10.0 Å². The zero-order chi connectivity index (χ0) is 16.4. The molecule has 0 radical (unpaired) electrons. The maximum Gasteiger partial charge on any atom is 0.208 e. The van der Waals surface area contributed by atoms with Gasteiger partial charge in [0.05, 0.1) is 6.26 Å². The van der Waals surface area contributed by atoms with E-state index in [1.807, 2.05) is 0 Å². The highest BCUT2D eigenvalue weighted by molar-refractivity contribution is 7.88. The summed E-state index contributed by atoms with van der Waals surface area (Å²) in [6, 6.07) is 0.702. The second-order valence-electron chi connectivity index (χ2n) is 5.83. The van der Waals surface area contributed by atoms with Gasteiger partial charge in [0.2, 0.25) is 10.0 Å². The smallest absolute Gasteiger partial charge is 0.208 e. The summed E-state index contributed by atoms with van der Waals surface area (Å²) in [7, 11) is -1.41. The summed E-state index contributed by atoms with van der Waals surface area (Å²) in [4.78, 5) is 6.68. The fourth-order valence-electron chi connectivity index (χ4n) is 2.62. The largest absolute Gasteiger partial charge is 0.356 e. The number of sulfonamides is 1. The summed E-state index contributed by atoms with van der Waals surface area (Å²) in [5.41, 5.74) is 0. The fourth-order valence-corrected chi connectivity index (χ4v) is 3.09.